The third kappa shape index (κ3) is 11.2. The van der Waals surface area contributed by atoms with Gasteiger partial charge < -0.3 is 45.2 Å². The summed E-state index contributed by atoms with van der Waals surface area (Å²) in [5, 5.41) is 29.2. The minimum Gasteiger partial charge on any atom is -0.393 e. The molecule has 3 aliphatic heterocycles. The van der Waals surface area contributed by atoms with Gasteiger partial charge >= 0.3 is 12.0 Å². The van der Waals surface area contributed by atoms with E-state index in [9.17, 15) is 19.5 Å². The van der Waals surface area contributed by atoms with Gasteiger partial charge in [-0.25, -0.2) is 14.3 Å². The Morgan fingerprint density at radius 2 is 1.79 bits per heavy atom. The maximum absolute atomic E-state index is 12.9. The highest BCUT2D eigenvalue weighted by Crippen LogP contribution is 2.33. The zero-order valence-electron chi connectivity index (χ0n) is 32.9. The Kier molecular flexibility index (Phi) is 15.5. The molecule has 17 nitrogen and oxygen atoms in total. The molecule has 2 saturated heterocycles. The average Bonchev–Trinajstić information content (AvgIpc) is 3.89. The third-order valence-electron chi connectivity index (χ3n) is 10.4. The summed E-state index contributed by atoms with van der Waals surface area (Å²) < 4.78 is 20.7. The predicted molar refractivity (Wildman–Crippen MR) is 218 cm³/mol. The number of halogens is 1. The molecule has 0 aliphatic carbocycles. The largest absolute Gasteiger partial charge is 0.393 e. The number of imidazole rings is 1. The molecule has 3 aliphatic rings. The van der Waals surface area contributed by atoms with Gasteiger partial charge in [-0.15, -0.1) is 0 Å². The molecular formula is C38H56ClN10O7S+. The van der Waals surface area contributed by atoms with E-state index in [4.69, 9.17) is 30.8 Å². The lowest BCUT2D eigenvalue weighted by Crippen LogP contribution is -2.54. The van der Waals surface area contributed by atoms with Crippen molar-refractivity contribution in [3.05, 3.63) is 35.1 Å². The van der Waals surface area contributed by atoms with E-state index in [1.807, 2.05) is 20.9 Å². The van der Waals surface area contributed by atoms with E-state index in [1.54, 1.807) is 24.5 Å². The molecule has 3 aromatic rings. The fourth-order valence-corrected chi connectivity index (χ4v) is 8.99. The van der Waals surface area contributed by atoms with Crippen LogP contribution in [0.2, 0.25) is 5.02 Å². The number of nitrogens with one attached hydrogen (secondary N) is 6. The van der Waals surface area contributed by atoms with Gasteiger partial charge in [0, 0.05) is 42.5 Å². The fourth-order valence-electron chi connectivity index (χ4n) is 7.18. The molecule has 1 aromatic carbocycles. The number of ether oxygens (including phenoxy) is 3. The van der Waals surface area contributed by atoms with Crippen molar-refractivity contribution in [3.63, 3.8) is 0 Å². The predicted octanol–water partition coefficient (Wildman–Crippen LogP) is 2.74. The van der Waals surface area contributed by atoms with Crippen molar-refractivity contribution in [2.45, 2.75) is 82.4 Å². The van der Waals surface area contributed by atoms with Gasteiger partial charge in [0.2, 0.25) is 17.4 Å². The first kappa shape index (κ1) is 42.7. The number of carbonyl (C=O) groups excluding carboxylic acids is 3. The van der Waals surface area contributed by atoms with E-state index in [-0.39, 0.29) is 54.5 Å². The maximum Gasteiger partial charge on any atom is 0.349 e. The third-order valence-corrected chi connectivity index (χ3v) is 12.2. The summed E-state index contributed by atoms with van der Waals surface area (Å²) in [5.41, 5.74) is 2.45. The Labute approximate surface area is 342 Å². The minimum absolute atomic E-state index is 0.000821. The van der Waals surface area contributed by atoms with Crippen LogP contribution in [0.1, 0.15) is 62.9 Å². The molecule has 5 heterocycles. The summed E-state index contributed by atoms with van der Waals surface area (Å²) in [6, 6.07) is 5.59. The molecule has 2 aromatic heterocycles. The van der Waals surface area contributed by atoms with Crippen molar-refractivity contribution in [3.8, 4) is 0 Å². The lowest BCUT2D eigenvalue weighted by Gasteiger charge is -2.28. The second-order valence-electron chi connectivity index (χ2n) is 14.9. The lowest BCUT2D eigenvalue weighted by molar-refractivity contribution is -0.681. The van der Waals surface area contributed by atoms with Crippen molar-refractivity contribution in [1.82, 2.24) is 35.8 Å². The Morgan fingerprint density at radius 1 is 1.05 bits per heavy atom. The van der Waals surface area contributed by atoms with Crippen LogP contribution in [-0.2, 0) is 25.5 Å². The smallest absolute Gasteiger partial charge is 0.349 e. The van der Waals surface area contributed by atoms with Crippen LogP contribution in [0, 0.1) is 5.92 Å². The molecular weight excluding hydrogens is 776 g/mol. The Bertz CT molecular complexity index is 1850. The quantitative estimate of drug-likeness (QED) is 0.0444. The molecule has 19 heteroatoms. The first-order valence-electron chi connectivity index (χ1n) is 19.8. The minimum atomic E-state index is -0.308. The highest BCUT2D eigenvalue weighted by Gasteiger charge is 2.42. The molecule has 0 spiro atoms. The monoisotopic (exact) mass is 831 g/mol. The van der Waals surface area contributed by atoms with E-state index >= 15 is 0 Å². The maximum atomic E-state index is 12.9. The summed E-state index contributed by atoms with van der Waals surface area (Å²) in [6.07, 6.45) is 5.03. The van der Waals surface area contributed by atoms with Gasteiger partial charge in [0.1, 0.15) is 0 Å². The van der Waals surface area contributed by atoms with Crippen LogP contribution in [0.25, 0.3) is 11.2 Å². The van der Waals surface area contributed by atoms with Crippen molar-refractivity contribution >= 4 is 69.8 Å². The first-order chi connectivity index (χ1) is 27.6. The molecule has 1 unspecified atom stereocenters. The number of rotatable bonds is 22. The normalized spacial score (nSPS) is 21.2. The molecule has 6 rings (SSSR count). The van der Waals surface area contributed by atoms with Gasteiger partial charge in [0.15, 0.2) is 5.52 Å². The summed E-state index contributed by atoms with van der Waals surface area (Å²) in [6.45, 7) is 9.88. The molecule has 0 saturated carbocycles. The number of benzene rings is 1. The molecule has 0 radical (unpaired) electrons. The van der Waals surface area contributed by atoms with Crippen LogP contribution in [0.3, 0.4) is 0 Å². The summed E-state index contributed by atoms with van der Waals surface area (Å²) in [5.74, 6) is 2.18. The van der Waals surface area contributed by atoms with Gasteiger partial charge in [0.05, 0.1) is 93.5 Å². The summed E-state index contributed by atoms with van der Waals surface area (Å²) in [7, 11) is 0. The van der Waals surface area contributed by atoms with E-state index < -0.39 is 0 Å². The highest BCUT2D eigenvalue weighted by molar-refractivity contribution is 8.00. The van der Waals surface area contributed by atoms with Crippen LogP contribution in [0.4, 0.5) is 22.2 Å². The second-order valence-corrected chi connectivity index (χ2v) is 16.5. The van der Waals surface area contributed by atoms with E-state index in [0.717, 1.165) is 30.8 Å². The van der Waals surface area contributed by atoms with Gasteiger partial charge in [-0.1, -0.05) is 29.9 Å². The van der Waals surface area contributed by atoms with E-state index in [1.165, 1.54) is 0 Å². The number of carbonyl (C=O) groups is 3. The van der Waals surface area contributed by atoms with Crippen LogP contribution < -0.4 is 36.5 Å². The van der Waals surface area contributed by atoms with Crippen molar-refractivity contribution < 1.29 is 38.3 Å². The Hall–Kier alpha value is -3.94. The SMILES string of the molecule is CC1C[n+]2c(nc3c(ncn3C(C)C)c2Nc2ccc(C(=O)NCCOCCOCCOCCNC(=O)CCCC[C@@H]3SC[C@@H]4NC(=O)N[C@@H]43)c(Cl)c2)N[C@@H]1CO. The number of thioether (sulfide) groups is 1. The number of aliphatic hydroxyl groups is 1. The number of amides is 4. The van der Waals surface area contributed by atoms with Gasteiger partial charge in [-0.05, 0) is 44.9 Å². The zero-order chi connectivity index (χ0) is 40.3. The Morgan fingerprint density at radius 3 is 2.51 bits per heavy atom. The Balaban J connectivity index is 0.815. The second kappa shape index (κ2) is 20.7. The molecule has 57 heavy (non-hydrogen) atoms. The number of fused-ring (bicyclic) bond motifs is 3. The number of nitrogens with zero attached hydrogens (tertiary/aromatic N) is 4. The molecule has 2 fully saturated rings. The number of anilines is 3. The number of hydrogen-bond donors (Lipinski definition) is 7. The number of aliphatic hydroxyl groups excluding tert-OH is 1. The van der Waals surface area contributed by atoms with Crippen LogP contribution in [0.15, 0.2) is 24.5 Å². The van der Waals surface area contributed by atoms with E-state index in [0.29, 0.717) is 104 Å². The summed E-state index contributed by atoms with van der Waals surface area (Å²) >= 11 is 8.51. The first-order valence-corrected chi connectivity index (χ1v) is 21.3. The molecule has 0 bridgehead atoms. The molecule has 5 atom stereocenters. The van der Waals surface area contributed by atoms with Gasteiger partial charge in [-0.2, -0.15) is 11.8 Å². The summed E-state index contributed by atoms with van der Waals surface area (Å²) in [4.78, 5) is 46.1. The molecule has 7 N–H and O–H groups in total. The van der Waals surface area contributed by atoms with Crippen LogP contribution in [-0.4, -0.2) is 126 Å². The van der Waals surface area contributed by atoms with Crippen LogP contribution in [0.5, 0.6) is 0 Å². The van der Waals surface area contributed by atoms with Gasteiger partial charge in [-0.3, -0.25) is 20.2 Å². The molecule has 312 valence electrons. The van der Waals surface area contributed by atoms with Crippen molar-refractivity contribution in [2.24, 2.45) is 5.92 Å². The fraction of sp³-hybridized carbons (Fsp3) is 0.632. The lowest BCUT2D eigenvalue weighted by atomic mass is 10.0. The topological polar surface area (TPSA) is 206 Å². The van der Waals surface area contributed by atoms with Crippen molar-refractivity contribution in [2.75, 3.05) is 75.7 Å². The van der Waals surface area contributed by atoms with Crippen LogP contribution >= 0.6 is 23.4 Å². The number of unbranched alkanes of at least 4 members (excludes halogenated alkanes) is 1. The zero-order valence-corrected chi connectivity index (χ0v) is 34.4. The molecule has 4 amide bonds. The standard InChI is InChI=1S/C38H55ClN10O7S/c1-23(2)49-22-42-33-34(48-19-24(3)28(20-50)44-37(48)47-35(33)49)43-25-8-9-26(27(39)18-25)36(52)41-11-13-55-15-17-56-16-14-54-12-10-40-31(51)7-5-4-6-30-32-29(21-57-30)45-38(53)46-32/h8-9,18,22-24,28-30,32,50H,4-7,10-17,19-21H2,1-3H3,(H5,40,41,43,44,45,46,47,51,52,53)/p+1/t24?,28-,29+,30+,32+/m1/s1. The average molecular weight is 832 g/mol. The van der Waals surface area contributed by atoms with E-state index in [2.05, 4.69) is 57.7 Å². The van der Waals surface area contributed by atoms with Gasteiger partial charge in [0.25, 0.3) is 5.91 Å². The number of urea groups is 1. The van der Waals surface area contributed by atoms with Crippen molar-refractivity contribution in [1.29, 1.82) is 0 Å². The number of aromatic nitrogens is 4. The highest BCUT2D eigenvalue weighted by atomic mass is 35.5. The number of hydrogen-bond acceptors (Lipinski definition) is 12.